The zero-order valence-electron chi connectivity index (χ0n) is 35.2. The number of nitriles is 2. The average Bonchev–Trinajstić information content (AvgIpc) is 3.45. The lowest BCUT2D eigenvalue weighted by atomic mass is 9.90. The Morgan fingerprint density at radius 1 is 0.933 bits per heavy atom. The van der Waals surface area contributed by atoms with E-state index in [0.717, 1.165) is 19.3 Å². The predicted octanol–water partition coefficient (Wildman–Crippen LogP) is 7.42. The molecule has 17 heteroatoms. The number of aromatic nitrogens is 3. The van der Waals surface area contributed by atoms with Crippen molar-refractivity contribution in [3.8, 4) is 23.6 Å². The largest absolute Gasteiger partial charge is 0.489 e. The van der Waals surface area contributed by atoms with E-state index in [0.29, 0.717) is 29.2 Å². The summed E-state index contributed by atoms with van der Waals surface area (Å²) in [5.41, 5.74) is 2.35. The Hall–Kier alpha value is -3.83. The molecule has 0 bridgehead atoms. The second-order valence-electron chi connectivity index (χ2n) is 16.2. The quantitative estimate of drug-likeness (QED) is 0.0393. The second-order valence-corrected chi connectivity index (χ2v) is 17.6. The number of hydrogen-bond acceptors (Lipinski definition) is 14. The van der Waals surface area contributed by atoms with Crippen LogP contribution in [0.2, 0.25) is 0 Å². The van der Waals surface area contributed by atoms with E-state index in [1.165, 1.54) is 106 Å². The number of ether oxygens (including phenoxy) is 4. The monoisotopic (exact) mass is 854 g/mol. The first-order valence-electron chi connectivity index (χ1n) is 21.6. The molecule has 1 saturated carbocycles. The lowest BCUT2D eigenvalue weighted by Gasteiger charge is -2.29. The number of rotatable bonds is 29. The average molecular weight is 855 g/mol. The van der Waals surface area contributed by atoms with Crippen LogP contribution < -0.4 is 15.2 Å². The van der Waals surface area contributed by atoms with Gasteiger partial charge < -0.3 is 39.8 Å². The zero-order chi connectivity index (χ0) is 43.2. The summed E-state index contributed by atoms with van der Waals surface area (Å²) in [4.78, 5) is 14.7. The van der Waals surface area contributed by atoms with Gasteiger partial charge in [0.25, 0.3) is 0 Å². The van der Waals surface area contributed by atoms with Gasteiger partial charge in [-0.15, -0.1) is 0 Å². The number of fused-ring (bicyclic) bond motifs is 2. The SMILES string of the molecule is CCCCCCCCCCCCCCCCCCOC[C@H](COP(=O)(O)OC1[C@H]2O[C@@](C#N)(c3ccc4c(N)ncnn34)[C@H](O)[C@@]12O)Oc1ccc(C#N)c(OC(C)C)c1. The van der Waals surface area contributed by atoms with E-state index in [9.17, 15) is 30.2 Å². The van der Waals surface area contributed by atoms with Crippen LogP contribution in [-0.4, -0.2) is 85.6 Å². The Labute approximate surface area is 353 Å². The number of phosphoric ester groups is 1. The molecule has 16 nitrogen and oxygen atoms in total. The van der Waals surface area contributed by atoms with Crippen molar-refractivity contribution < 1.29 is 47.7 Å². The molecule has 7 atom stereocenters. The number of benzene rings is 1. The lowest BCUT2D eigenvalue weighted by Crippen LogP contribution is -2.47. The van der Waals surface area contributed by atoms with Gasteiger partial charge in [0.15, 0.2) is 11.4 Å². The van der Waals surface area contributed by atoms with E-state index in [4.69, 9.17) is 33.7 Å². The molecule has 0 spiro atoms. The highest BCUT2D eigenvalue weighted by Gasteiger charge is 2.83. The summed E-state index contributed by atoms with van der Waals surface area (Å²) in [6, 6.07) is 11.7. The molecular formula is C43H63N6O10P. The van der Waals surface area contributed by atoms with Crippen molar-refractivity contribution in [2.45, 2.75) is 165 Å². The summed E-state index contributed by atoms with van der Waals surface area (Å²) in [5, 5.41) is 46.5. The molecule has 5 rings (SSSR count). The molecular weight excluding hydrogens is 791 g/mol. The van der Waals surface area contributed by atoms with Crippen molar-refractivity contribution in [3.05, 3.63) is 47.9 Å². The maximum Gasteiger partial charge on any atom is 0.472 e. The Balaban J connectivity index is 1.08. The van der Waals surface area contributed by atoms with E-state index < -0.39 is 50.0 Å². The highest BCUT2D eigenvalue weighted by atomic mass is 31.2. The van der Waals surface area contributed by atoms with E-state index >= 15 is 0 Å². The van der Waals surface area contributed by atoms with Gasteiger partial charge in [0.2, 0.25) is 5.60 Å². The minimum absolute atomic E-state index is 0.000950. The van der Waals surface area contributed by atoms with Crippen molar-refractivity contribution in [2.24, 2.45) is 0 Å². The van der Waals surface area contributed by atoms with Gasteiger partial charge in [-0.05, 0) is 44.5 Å². The minimum Gasteiger partial charge on any atom is -0.489 e. The molecule has 2 unspecified atom stereocenters. The van der Waals surface area contributed by atoms with Gasteiger partial charge in [0, 0.05) is 12.7 Å². The number of nitrogen functional groups attached to an aromatic ring is 1. The van der Waals surface area contributed by atoms with Crippen LogP contribution in [0.5, 0.6) is 11.5 Å². The fourth-order valence-corrected chi connectivity index (χ4v) is 8.74. The van der Waals surface area contributed by atoms with Gasteiger partial charge in [-0.1, -0.05) is 103 Å². The molecule has 3 heterocycles. The van der Waals surface area contributed by atoms with E-state index in [2.05, 4.69) is 23.1 Å². The molecule has 2 aliphatic rings. The molecule has 0 amide bonds. The number of hydrogen-bond donors (Lipinski definition) is 4. The Morgan fingerprint density at radius 2 is 1.57 bits per heavy atom. The van der Waals surface area contributed by atoms with Crippen LogP contribution in [-0.2, 0) is 28.7 Å². The Morgan fingerprint density at radius 3 is 2.13 bits per heavy atom. The van der Waals surface area contributed by atoms with Gasteiger partial charge in [-0.2, -0.15) is 15.6 Å². The topological polar surface area (TPSA) is 237 Å². The van der Waals surface area contributed by atoms with Crippen molar-refractivity contribution in [3.63, 3.8) is 0 Å². The third kappa shape index (κ3) is 12.0. The van der Waals surface area contributed by atoms with Crippen LogP contribution in [0.1, 0.15) is 135 Å². The fourth-order valence-electron chi connectivity index (χ4n) is 7.75. The minimum atomic E-state index is -4.92. The van der Waals surface area contributed by atoms with Crippen LogP contribution in [0.4, 0.5) is 5.82 Å². The first-order chi connectivity index (χ1) is 28.9. The van der Waals surface area contributed by atoms with Gasteiger partial charge in [-0.25, -0.2) is 14.1 Å². The smallest absolute Gasteiger partial charge is 0.472 e. The van der Waals surface area contributed by atoms with Crippen LogP contribution in [0.3, 0.4) is 0 Å². The van der Waals surface area contributed by atoms with Crippen molar-refractivity contribution >= 4 is 19.2 Å². The number of phosphoric acid groups is 1. The zero-order valence-corrected chi connectivity index (χ0v) is 36.1. The van der Waals surface area contributed by atoms with Crippen molar-refractivity contribution in [1.29, 1.82) is 10.5 Å². The van der Waals surface area contributed by atoms with Crippen LogP contribution in [0.25, 0.3) is 5.52 Å². The van der Waals surface area contributed by atoms with Crippen molar-refractivity contribution in [2.75, 3.05) is 25.6 Å². The molecule has 60 heavy (non-hydrogen) atoms. The predicted molar refractivity (Wildman–Crippen MR) is 223 cm³/mol. The highest BCUT2D eigenvalue weighted by molar-refractivity contribution is 7.47. The van der Waals surface area contributed by atoms with Gasteiger partial charge in [0.1, 0.15) is 59.9 Å². The molecule has 1 aromatic carbocycles. The number of nitrogens with two attached hydrogens (primary N) is 1. The van der Waals surface area contributed by atoms with Crippen LogP contribution in [0.15, 0.2) is 36.7 Å². The van der Waals surface area contributed by atoms with Crippen LogP contribution in [0, 0.1) is 22.7 Å². The van der Waals surface area contributed by atoms with Crippen LogP contribution >= 0.6 is 7.82 Å². The standard InChI is InChI=1S/C43H63N6O10P/c1-4-5-6-7-8-9-10-11-12-13-14-15-16-17-18-19-24-54-27-34(57-33-21-20-32(26-44)36(25-33)56-31(2)3)28-55-60(52,53)59-39-38-43(39,51)41(50)42(29-45,58-38)37-23-22-35-40(46)47-30-48-49(35)37/h20-23,25,30-31,34,38-39,41,50-51H,4-19,24,27-28H2,1-3H3,(H,52,53)(H2,46,47,48)/t34-,38-,39?,41+,42+,43+/m1/s1. The summed E-state index contributed by atoms with van der Waals surface area (Å²) in [5.74, 6) is 0.759. The molecule has 1 aliphatic carbocycles. The van der Waals surface area contributed by atoms with E-state index in [1.807, 2.05) is 19.9 Å². The highest BCUT2D eigenvalue weighted by Crippen LogP contribution is 2.63. The molecule has 2 aromatic heterocycles. The van der Waals surface area contributed by atoms with Gasteiger partial charge in [-0.3, -0.25) is 9.05 Å². The van der Waals surface area contributed by atoms with E-state index in [-0.39, 0.29) is 24.2 Å². The normalized spacial score (nSPS) is 23.5. The summed E-state index contributed by atoms with van der Waals surface area (Å²) in [7, 11) is -4.92. The number of anilines is 1. The molecule has 2 fully saturated rings. The maximum atomic E-state index is 13.3. The number of nitrogens with zero attached hydrogens (tertiary/aromatic N) is 5. The fraction of sp³-hybridized carbons (Fsp3) is 0.674. The molecule has 0 radical (unpaired) electrons. The van der Waals surface area contributed by atoms with Gasteiger partial charge in [0.05, 0.1) is 30.6 Å². The third-order valence-corrected chi connectivity index (χ3v) is 12.1. The first kappa shape index (κ1) is 47.2. The summed E-state index contributed by atoms with van der Waals surface area (Å²) in [6.07, 6.45) is 15.5. The second kappa shape index (κ2) is 22.3. The molecule has 1 aliphatic heterocycles. The summed E-state index contributed by atoms with van der Waals surface area (Å²) in [6.45, 7) is 5.90. The Bertz CT molecular complexity index is 1950. The summed E-state index contributed by atoms with van der Waals surface area (Å²) >= 11 is 0. The molecule has 1 saturated heterocycles. The number of aliphatic hydroxyl groups excluding tert-OH is 1. The number of aliphatic hydroxyl groups is 2. The molecule has 5 N–H and O–H groups in total. The van der Waals surface area contributed by atoms with E-state index in [1.54, 1.807) is 18.2 Å². The number of unbranched alkanes of at least 4 members (excludes halogenated alkanes) is 15. The lowest BCUT2D eigenvalue weighted by molar-refractivity contribution is -0.106. The first-order valence-corrected chi connectivity index (χ1v) is 23.1. The molecule has 330 valence electrons. The molecule has 3 aromatic rings. The summed E-state index contributed by atoms with van der Waals surface area (Å²) < 4.78 is 49.0. The Kier molecular flexibility index (Phi) is 17.6. The van der Waals surface area contributed by atoms with Crippen molar-refractivity contribution in [1.82, 2.24) is 14.6 Å². The third-order valence-electron chi connectivity index (χ3n) is 11.1. The van der Waals surface area contributed by atoms with Gasteiger partial charge >= 0.3 is 7.82 Å². The maximum absolute atomic E-state index is 13.3.